The summed E-state index contributed by atoms with van der Waals surface area (Å²) in [4.78, 5) is 0.256. The van der Waals surface area contributed by atoms with E-state index in [1.165, 1.54) is 10.4 Å². The summed E-state index contributed by atoms with van der Waals surface area (Å²) in [6.45, 7) is 6.34. The molecule has 0 unspecified atom stereocenters. The molecule has 5 nitrogen and oxygen atoms in total. The maximum atomic E-state index is 12.6. The molecule has 1 aromatic rings. The Morgan fingerprint density at radius 2 is 1.79 bits per heavy atom. The van der Waals surface area contributed by atoms with Gasteiger partial charge in [-0.15, -0.1) is 0 Å². The summed E-state index contributed by atoms with van der Waals surface area (Å²) in [5.74, 6) is 0. The summed E-state index contributed by atoms with van der Waals surface area (Å²) in [6, 6.07) is 4.91. The van der Waals surface area contributed by atoms with Crippen molar-refractivity contribution in [3.8, 4) is 0 Å². The van der Waals surface area contributed by atoms with E-state index >= 15 is 0 Å². The number of nitrogens with zero attached hydrogens (tertiary/aromatic N) is 1. The van der Waals surface area contributed by atoms with Crippen LogP contribution in [0.1, 0.15) is 19.4 Å². The van der Waals surface area contributed by atoms with Crippen molar-refractivity contribution in [2.24, 2.45) is 0 Å². The second kappa shape index (κ2) is 5.11. The second-order valence-corrected chi connectivity index (χ2v) is 7.10. The number of aryl methyl sites for hydroxylation is 1. The van der Waals surface area contributed by atoms with Crippen molar-refractivity contribution in [3.63, 3.8) is 0 Å². The number of ether oxygens (including phenoxy) is 1. The fourth-order valence-electron chi connectivity index (χ4n) is 2.40. The number of hydrogen-bond donors (Lipinski definition) is 1. The molecule has 1 heterocycles. The van der Waals surface area contributed by atoms with Gasteiger partial charge in [-0.05, 0) is 44.5 Å². The van der Waals surface area contributed by atoms with E-state index in [0.717, 1.165) is 5.56 Å². The zero-order valence-corrected chi connectivity index (χ0v) is 12.3. The van der Waals surface area contributed by atoms with Gasteiger partial charge < -0.3 is 10.5 Å². The van der Waals surface area contributed by atoms with Crippen molar-refractivity contribution in [2.45, 2.75) is 37.9 Å². The van der Waals surface area contributed by atoms with Crippen LogP contribution in [0.3, 0.4) is 0 Å². The van der Waals surface area contributed by atoms with E-state index in [-0.39, 0.29) is 17.1 Å². The quantitative estimate of drug-likeness (QED) is 0.833. The Morgan fingerprint density at radius 1 is 1.21 bits per heavy atom. The van der Waals surface area contributed by atoms with Gasteiger partial charge in [0.2, 0.25) is 10.0 Å². The molecule has 1 aliphatic heterocycles. The van der Waals surface area contributed by atoms with Crippen molar-refractivity contribution < 1.29 is 13.2 Å². The molecule has 19 heavy (non-hydrogen) atoms. The zero-order chi connectivity index (χ0) is 14.2. The Hall–Kier alpha value is -1.11. The van der Waals surface area contributed by atoms with Crippen molar-refractivity contribution >= 4 is 15.7 Å². The Bertz CT molecular complexity index is 541. The molecule has 0 aromatic heterocycles. The maximum Gasteiger partial charge on any atom is 0.243 e. The summed E-state index contributed by atoms with van der Waals surface area (Å²) in [7, 11) is -3.50. The first-order valence-electron chi connectivity index (χ1n) is 6.32. The monoisotopic (exact) mass is 284 g/mol. The van der Waals surface area contributed by atoms with Gasteiger partial charge in [0, 0.05) is 18.8 Å². The molecule has 1 saturated heterocycles. The first-order chi connectivity index (χ1) is 8.79. The highest BCUT2D eigenvalue weighted by Gasteiger charge is 2.32. The van der Waals surface area contributed by atoms with Crippen LogP contribution in [0.4, 0.5) is 5.69 Å². The third-order valence-electron chi connectivity index (χ3n) is 3.10. The second-order valence-electron chi connectivity index (χ2n) is 5.16. The molecule has 0 saturated carbocycles. The van der Waals surface area contributed by atoms with Gasteiger partial charge in [0.25, 0.3) is 0 Å². The zero-order valence-electron chi connectivity index (χ0n) is 11.5. The minimum absolute atomic E-state index is 0.0966. The highest BCUT2D eigenvalue weighted by molar-refractivity contribution is 7.89. The molecule has 106 valence electrons. The van der Waals surface area contributed by atoms with Crippen LogP contribution in [0.5, 0.6) is 0 Å². The lowest BCUT2D eigenvalue weighted by Crippen LogP contribution is -2.48. The minimum Gasteiger partial charge on any atom is -0.399 e. The van der Waals surface area contributed by atoms with Gasteiger partial charge >= 0.3 is 0 Å². The molecule has 0 spiro atoms. The number of hydrogen-bond acceptors (Lipinski definition) is 4. The number of benzene rings is 1. The van der Waals surface area contributed by atoms with E-state index in [1.807, 2.05) is 20.8 Å². The van der Waals surface area contributed by atoms with Gasteiger partial charge in [0.15, 0.2) is 0 Å². The summed E-state index contributed by atoms with van der Waals surface area (Å²) in [5.41, 5.74) is 7.04. The van der Waals surface area contributed by atoms with Gasteiger partial charge in [-0.25, -0.2) is 8.42 Å². The van der Waals surface area contributed by atoms with Gasteiger partial charge in [0.05, 0.1) is 17.1 Å². The molecule has 0 aliphatic carbocycles. The lowest BCUT2D eigenvalue weighted by atomic mass is 10.2. The molecule has 0 radical (unpaired) electrons. The van der Waals surface area contributed by atoms with E-state index < -0.39 is 10.0 Å². The average Bonchev–Trinajstić information content (AvgIpc) is 2.26. The molecule has 1 fully saturated rings. The predicted octanol–water partition coefficient (Wildman–Crippen LogP) is 1.38. The summed E-state index contributed by atoms with van der Waals surface area (Å²) >= 11 is 0. The van der Waals surface area contributed by atoms with Gasteiger partial charge in [0.1, 0.15) is 0 Å². The average molecular weight is 284 g/mol. The highest BCUT2D eigenvalue weighted by Crippen LogP contribution is 2.23. The van der Waals surface area contributed by atoms with E-state index in [4.69, 9.17) is 10.5 Å². The molecule has 0 amide bonds. The molecule has 2 atom stereocenters. The van der Waals surface area contributed by atoms with E-state index in [2.05, 4.69) is 0 Å². The SMILES string of the molecule is Cc1cc(N)cc(S(=O)(=O)N2C[C@@H](C)O[C@@H](C)C2)c1. The topological polar surface area (TPSA) is 72.6 Å². The maximum absolute atomic E-state index is 12.6. The Morgan fingerprint density at radius 3 is 2.32 bits per heavy atom. The number of sulfonamides is 1. The van der Waals surface area contributed by atoms with E-state index in [9.17, 15) is 8.42 Å². The minimum atomic E-state index is -3.50. The van der Waals surface area contributed by atoms with Crippen LogP contribution in [0.25, 0.3) is 0 Å². The molecule has 0 bridgehead atoms. The Balaban J connectivity index is 2.36. The van der Waals surface area contributed by atoms with Crippen molar-refractivity contribution in [3.05, 3.63) is 23.8 Å². The van der Waals surface area contributed by atoms with E-state index in [0.29, 0.717) is 18.8 Å². The first-order valence-corrected chi connectivity index (χ1v) is 7.76. The lowest BCUT2D eigenvalue weighted by Gasteiger charge is -2.34. The van der Waals surface area contributed by atoms with Crippen molar-refractivity contribution in [1.82, 2.24) is 4.31 Å². The lowest BCUT2D eigenvalue weighted by molar-refractivity contribution is -0.0440. The molecule has 1 aromatic carbocycles. The fraction of sp³-hybridized carbons (Fsp3) is 0.538. The number of nitrogen functional groups attached to an aromatic ring is 1. The van der Waals surface area contributed by atoms with Crippen LogP contribution in [0, 0.1) is 6.92 Å². The smallest absolute Gasteiger partial charge is 0.243 e. The molecule has 2 rings (SSSR count). The van der Waals surface area contributed by atoms with Gasteiger partial charge in [-0.2, -0.15) is 4.31 Å². The highest BCUT2D eigenvalue weighted by atomic mass is 32.2. The number of rotatable bonds is 2. The van der Waals surface area contributed by atoms with Gasteiger partial charge in [-0.3, -0.25) is 0 Å². The number of anilines is 1. The summed E-state index contributed by atoms with van der Waals surface area (Å²) in [5, 5.41) is 0. The fourth-order valence-corrected chi connectivity index (χ4v) is 4.13. The van der Waals surface area contributed by atoms with Crippen LogP contribution in [-0.2, 0) is 14.8 Å². The molecule has 2 N–H and O–H groups in total. The van der Waals surface area contributed by atoms with Gasteiger partial charge in [-0.1, -0.05) is 0 Å². The summed E-state index contributed by atoms with van der Waals surface area (Å²) in [6.07, 6.45) is -0.193. The van der Waals surface area contributed by atoms with Crippen LogP contribution in [0.15, 0.2) is 23.1 Å². The molecular formula is C13H20N2O3S. The first kappa shape index (κ1) is 14.3. The Kier molecular flexibility index (Phi) is 3.85. The van der Waals surface area contributed by atoms with E-state index in [1.54, 1.807) is 12.1 Å². The normalized spacial score (nSPS) is 25.4. The predicted molar refractivity (Wildman–Crippen MR) is 74.4 cm³/mol. The number of nitrogens with two attached hydrogens (primary N) is 1. The largest absolute Gasteiger partial charge is 0.399 e. The van der Waals surface area contributed by atoms with Crippen LogP contribution >= 0.6 is 0 Å². The molecule has 6 heteroatoms. The van der Waals surface area contributed by atoms with Crippen LogP contribution in [-0.4, -0.2) is 38.0 Å². The van der Waals surface area contributed by atoms with Crippen LogP contribution < -0.4 is 5.73 Å². The standard InChI is InChI=1S/C13H20N2O3S/c1-9-4-12(14)6-13(5-9)19(16,17)15-7-10(2)18-11(3)8-15/h4-6,10-11H,7-8,14H2,1-3H3/t10-,11+. The third-order valence-corrected chi connectivity index (χ3v) is 4.91. The van der Waals surface area contributed by atoms with Crippen molar-refractivity contribution in [1.29, 1.82) is 0 Å². The Labute approximate surface area is 114 Å². The third kappa shape index (κ3) is 3.08. The number of morpholine rings is 1. The van der Waals surface area contributed by atoms with Crippen molar-refractivity contribution in [2.75, 3.05) is 18.8 Å². The molecular weight excluding hydrogens is 264 g/mol. The van der Waals surface area contributed by atoms with Crippen LogP contribution in [0.2, 0.25) is 0 Å². The summed E-state index contributed by atoms with van der Waals surface area (Å²) < 4.78 is 32.2. The molecule has 1 aliphatic rings.